The van der Waals surface area contributed by atoms with E-state index in [0.29, 0.717) is 12.2 Å². The Morgan fingerprint density at radius 2 is 2.29 bits per heavy atom. The first kappa shape index (κ1) is 13.0. The van der Waals surface area contributed by atoms with Crippen molar-refractivity contribution in [2.45, 2.75) is 19.8 Å². The van der Waals surface area contributed by atoms with Gasteiger partial charge in [-0.05, 0) is 25.5 Å². The van der Waals surface area contributed by atoms with Crippen molar-refractivity contribution in [2.24, 2.45) is 0 Å². The monoisotopic (exact) mass is 232 g/mol. The van der Waals surface area contributed by atoms with Crippen molar-refractivity contribution in [2.75, 3.05) is 0 Å². The number of hydrogen-bond acceptors (Lipinski definition) is 3. The van der Waals surface area contributed by atoms with Crippen molar-refractivity contribution in [3.8, 4) is 0 Å². The fourth-order valence-electron chi connectivity index (χ4n) is 1.21. The number of ether oxygens (including phenoxy) is 2. The Bertz CT molecular complexity index is 398. The van der Waals surface area contributed by atoms with Crippen LogP contribution in [0.1, 0.15) is 19.8 Å². The SMILES string of the molecule is C=C(/C=C\C=C/C)OC(=O)OC1=CC=CCC1. The van der Waals surface area contributed by atoms with Crippen LogP contribution >= 0.6 is 0 Å². The maximum absolute atomic E-state index is 11.3. The maximum Gasteiger partial charge on any atom is 0.519 e. The minimum absolute atomic E-state index is 0.250. The number of allylic oxidation sites excluding steroid dienone is 8. The van der Waals surface area contributed by atoms with Gasteiger partial charge in [0.05, 0.1) is 0 Å². The fraction of sp³-hybridized carbons (Fsp3) is 0.214. The molecule has 0 N–H and O–H groups in total. The van der Waals surface area contributed by atoms with E-state index in [2.05, 4.69) is 6.58 Å². The van der Waals surface area contributed by atoms with Crippen LogP contribution in [0.3, 0.4) is 0 Å². The van der Waals surface area contributed by atoms with Crippen LogP contribution in [0.5, 0.6) is 0 Å². The van der Waals surface area contributed by atoms with Gasteiger partial charge < -0.3 is 9.47 Å². The minimum Gasteiger partial charge on any atom is -0.399 e. The molecule has 17 heavy (non-hydrogen) atoms. The molecule has 0 unspecified atom stereocenters. The molecule has 1 rings (SSSR count). The highest BCUT2D eigenvalue weighted by atomic mass is 16.7. The molecular formula is C14H16O3. The second-order valence-electron chi connectivity index (χ2n) is 3.41. The summed E-state index contributed by atoms with van der Waals surface area (Å²) in [5.74, 6) is 0.864. The minimum atomic E-state index is -0.748. The molecule has 0 radical (unpaired) electrons. The van der Waals surface area contributed by atoms with Gasteiger partial charge in [0.15, 0.2) is 0 Å². The highest BCUT2D eigenvalue weighted by Gasteiger charge is 2.09. The Morgan fingerprint density at radius 3 is 2.94 bits per heavy atom. The standard InChI is InChI=1S/C14H16O3/c1-3-4-6-9-12(2)16-14(15)17-13-10-7-5-8-11-13/h3-7,9-10H,2,8,11H2,1H3/b4-3-,9-6-. The van der Waals surface area contributed by atoms with Crippen LogP contribution in [0.4, 0.5) is 4.79 Å². The second kappa shape index (κ2) is 7.28. The molecule has 0 amide bonds. The smallest absolute Gasteiger partial charge is 0.399 e. The van der Waals surface area contributed by atoms with E-state index in [1.807, 2.05) is 31.2 Å². The molecule has 0 aliphatic heterocycles. The molecule has 0 aromatic carbocycles. The van der Waals surface area contributed by atoms with E-state index in [9.17, 15) is 4.79 Å². The Hall–Kier alpha value is -2.03. The van der Waals surface area contributed by atoms with E-state index in [4.69, 9.17) is 9.47 Å². The van der Waals surface area contributed by atoms with Crippen LogP contribution in [0.15, 0.2) is 60.6 Å². The number of rotatable bonds is 4. The summed E-state index contributed by atoms with van der Waals surface area (Å²) in [5, 5.41) is 0. The van der Waals surface area contributed by atoms with Crippen LogP contribution in [-0.4, -0.2) is 6.16 Å². The van der Waals surface area contributed by atoms with E-state index in [1.165, 1.54) is 0 Å². The van der Waals surface area contributed by atoms with E-state index in [-0.39, 0.29) is 5.76 Å². The van der Waals surface area contributed by atoms with Gasteiger partial charge in [0, 0.05) is 6.42 Å². The van der Waals surface area contributed by atoms with Gasteiger partial charge in [-0.2, -0.15) is 0 Å². The topological polar surface area (TPSA) is 35.5 Å². The van der Waals surface area contributed by atoms with Gasteiger partial charge in [-0.25, -0.2) is 4.79 Å². The van der Waals surface area contributed by atoms with E-state index in [1.54, 1.807) is 18.2 Å². The second-order valence-corrected chi connectivity index (χ2v) is 3.41. The first-order valence-corrected chi connectivity index (χ1v) is 5.46. The van der Waals surface area contributed by atoms with Gasteiger partial charge >= 0.3 is 6.16 Å². The molecule has 0 heterocycles. The molecule has 0 fully saturated rings. The molecule has 1 aliphatic rings. The molecule has 0 aromatic heterocycles. The molecule has 3 heteroatoms. The lowest BCUT2D eigenvalue weighted by atomic mass is 10.2. The molecule has 90 valence electrons. The summed E-state index contributed by atoms with van der Waals surface area (Å²) < 4.78 is 9.86. The van der Waals surface area contributed by atoms with Crippen LogP contribution in [0.2, 0.25) is 0 Å². The van der Waals surface area contributed by atoms with Crippen molar-refractivity contribution < 1.29 is 14.3 Å². The Balaban J connectivity index is 2.36. The summed E-state index contributed by atoms with van der Waals surface area (Å²) in [6.07, 6.45) is 13.5. The largest absolute Gasteiger partial charge is 0.519 e. The average Bonchev–Trinajstić information content (AvgIpc) is 2.30. The quantitative estimate of drug-likeness (QED) is 0.417. The highest BCUT2D eigenvalue weighted by Crippen LogP contribution is 2.14. The summed E-state index contributed by atoms with van der Waals surface area (Å²) >= 11 is 0. The van der Waals surface area contributed by atoms with Gasteiger partial charge in [0.2, 0.25) is 0 Å². The van der Waals surface area contributed by atoms with Gasteiger partial charge in [0.1, 0.15) is 11.5 Å². The van der Waals surface area contributed by atoms with Gasteiger partial charge in [-0.15, -0.1) is 0 Å². The Kier molecular flexibility index (Phi) is 5.58. The van der Waals surface area contributed by atoms with Crippen LogP contribution in [0, 0.1) is 0 Å². The molecule has 0 aromatic rings. The van der Waals surface area contributed by atoms with Gasteiger partial charge in [-0.1, -0.05) is 37.0 Å². The molecule has 0 atom stereocenters. The van der Waals surface area contributed by atoms with Crippen LogP contribution < -0.4 is 0 Å². The third-order valence-corrected chi connectivity index (χ3v) is 1.99. The molecule has 0 spiro atoms. The molecule has 3 nitrogen and oxygen atoms in total. The molecule has 1 aliphatic carbocycles. The third-order valence-electron chi connectivity index (χ3n) is 1.99. The zero-order valence-electron chi connectivity index (χ0n) is 9.89. The summed E-state index contributed by atoms with van der Waals surface area (Å²) in [4.78, 5) is 11.3. The number of carbonyl (C=O) groups excluding carboxylic acids is 1. The predicted molar refractivity (Wildman–Crippen MR) is 67.1 cm³/mol. The van der Waals surface area contributed by atoms with Crippen molar-refractivity contribution in [3.63, 3.8) is 0 Å². The predicted octanol–water partition coefficient (Wildman–Crippen LogP) is 4.02. The molecular weight excluding hydrogens is 216 g/mol. The molecule has 0 bridgehead atoms. The van der Waals surface area contributed by atoms with E-state index in [0.717, 1.165) is 6.42 Å². The highest BCUT2D eigenvalue weighted by molar-refractivity contribution is 5.63. The van der Waals surface area contributed by atoms with Gasteiger partial charge in [-0.3, -0.25) is 0 Å². The summed E-state index contributed by atoms with van der Waals surface area (Å²) in [6.45, 7) is 5.48. The van der Waals surface area contributed by atoms with Crippen molar-refractivity contribution in [3.05, 3.63) is 60.6 Å². The first-order valence-electron chi connectivity index (χ1n) is 5.46. The number of hydrogen-bond donors (Lipinski definition) is 0. The zero-order valence-corrected chi connectivity index (χ0v) is 9.89. The summed E-state index contributed by atoms with van der Waals surface area (Å²) in [5.41, 5.74) is 0. The molecule has 0 saturated carbocycles. The summed E-state index contributed by atoms with van der Waals surface area (Å²) in [7, 11) is 0. The van der Waals surface area contributed by atoms with Gasteiger partial charge in [0.25, 0.3) is 0 Å². The average molecular weight is 232 g/mol. The van der Waals surface area contributed by atoms with Crippen molar-refractivity contribution >= 4 is 6.16 Å². The molecule has 0 saturated heterocycles. The van der Waals surface area contributed by atoms with E-state index < -0.39 is 6.16 Å². The lowest BCUT2D eigenvalue weighted by Crippen LogP contribution is -2.06. The third kappa shape index (κ3) is 5.56. The Morgan fingerprint density at radius 1 is 1.47 bits per heavy atom. The van der Waals surface area contributed by atoms with E-state index >= 15 is 0 Å². The van der Waals surface area contributed by atoms with Crippen LogP contribution in [-0.2, 0) is 9.47 Å². The van der Waals surface area contributed by atoms with Crippen molar-refractivity contribution in [1.82, 2.24) is 0 Å². The normalized spacial score (nSPS) is 15.0. The fourth-order valence-corrected chi connectivity index (χ4v) is 1.21. The summed E-state index contributed by atoms with van der Waals surface area (Å²) in [6, 6.07) is 0. The Labute approximate surface area is 101 Å². The zero-order chi connectivity index (χ0) is 12.5. The lowest BCUT2D eigenvalue weighted by molar-refractivity contribution is 0.103. The first-order chi connectivity index (χ1) is 8.22. The maximum atomic E-state index is 11.3. The van der Waals surface area contributed by atoms with Crippen molar-refractivity contribution in [1.29, 1.82) is 0 Å². The number of carbonyl (C=O) groups is 1. The lowest BCUT2D eigenvalue weighted by Gasteiger charge is -2.09. The van der Waals surface area contributed by atoms with Crippen LogP contribution in [0.25, 0.3) is 0 Å².